The number of methoxy groups -OCH3 is 1. The highest BCUT2D eigenvalue weighted by Crippen LogP contribution is 2.23. The predicted octanol–water partition coefficient (Wildman–Crippen LogP) is 4.70. The summed E-state index contributed by atoms with van der Waals surface area (Å²) in [5, 5.41) is 8.44. The number of benzene rings is 2. The Morgan fingerprint density at radius 1 is 1.16 bits per heavy atom. The van der Waals surface area contributed by atoms with Gasteiger partial charge in [0.2, 0.25) is 0 Å². The zero-order chi connectivity index (χ0) is 17.8. The lowest BCUT2D eigenvalue weighted by atomic mass is 10.2. The zero-order valence-corrected chi connectivity index (χ0v) is 14.9. The van der Waals surface area contributed by atoms with Crippen LogP contribution in [0.1, 0.15) is 5.56 Å². The van der Waals surface area contributed by atoms with Crippen molar-refractivity contribution >= 4 is 29.3 Å². The Balaban J connectivity index is 1.84. The number of nitrogens with zero attached hydrogens (tertiary/aromatic N) is 2. The molecule has 0 unspecified atom stereocenters. The number of aromatic nitrogens is 2. The number of rotatable bonds is 4. The molecule has 1 N–H and O–H groups in total. The van der Waals surface area contributed by atoms with E-state index in [0.717, 1.165) is 22.5 Å². The highest BCUT2D eigenvalue weighted by molar-refractivity contribution is 6.31. The van der Waals surface area contributed by atoms with E-state index in [9.17, 15) is 4.79 Å². The summed E-state index contributed by atoms with van der Waals surface area (Å²) in [6.45, 7) is 0.269. The average Bonchev–Trinajstić information content (AvgIpc) is 3.11. The van der Waals surface area contributed by atoms with Gasteiger partial charge in [-0.2, -0.15) is 5.10 Å². The summed E-state index contributed by atoms with van der Waals surface area (Å²) in [7, 11) is 1.31. The summed E-state index contributed by atoms with van der Waals surface area (Å²) < 4.78 is 6.32. The molecule has 0 atom stereocenters. The molecule has 0 radical (unpaired) electrons. The van der Waals surface area contributed by atoms with Crippen molar-refractivity contribution in [2.45, 2.75) is 6.54 Å². The number of ether oxygens (including phenoxy) is 1. The molecular formula is C18H15Cl2N3O2. The maximum atomic E-state index is 11.2. The van der Waals surface area contributed by atoms with Crippen molar-refractivity contribution in [1.82, 2.24) is 15.1 Å². The molecule has 1 aromatic heterocycles. The second-order valence-electron chi connectivity index (χ2n) is 5.27. The smallest absolute Gasteiger partial charge is 0.407 e. The molecule has 1 amide bonds. The highest BCUT2D eigenvalue weighted by Gasteiger charge is 2.08. The Kier molecular flexibility index (Phi) is 5.26. The molecule has 0 saturated carbocycles. The van der Waals surface area contributed by atoms with Crippen LogP contribution in [0.25, 0.3) is 16.9 Å². The molecule has 0 aliphatic carbocycles. The van der Waals surface area contributed by atoms with Crippen LogP contribution in [-0.4, -0.2) is 23.0 Å². The Hall–Kier alpha value is -2.50. The van der Waals surface area contributed by atoms with Gasteiger partial charge in [-0.1, -0.05) is 35.3 Å². The first-order chi connectivity index (χ1) is 12.1. The summed E-state index contributed by atoms with van der Waals surface area (Å²) in [5.41, 5.74) is 3.42. The molecule has 0 spiro atoms. The van der Waals surface area contributed by atoms with E-state index in [1.807, 2.05) is 48.7 Å². The SMILES string of the molecule is COC(=O)NCc1cc(-n2ccc(-c3ccc(Cl)cc3)n2)ccc1Cl. The van der Waals surface area contributed by atoms with Crippen LogP contribution in [0.3, 0.4) is 0 Å². The molecular weight excluding hydrogens is 361 g/mol. The zero-order valence-electron chi connectivity index (χ0n) is 13.4. The summed E-state index contributed by atoms with van der Waals surface area (Å²) in [5.74, 6) is 0. The number of hydrogen-bond donors (Lipinski definition) is 1. The normalized spacial score (nSPS) is 10.5. The lowest BCUT2D eigenvalue weighted by Gasteiger charge is -2.09. The maximum Gasteiger partial charge on any atom is 0.407 e. The molecule has 0 bridgehead atoms. The summed E-state index contributed by atoms with van der Waals surface area (Å²) in [6, 6.07) is 14.9. The second kappa shape index (κ2) is 7.59. The minimum Gasteiger partial charge on any atom is -0.453 e. The molecule has 3 rings (SSSR count). The molecule has 0 aliphatic rings. The third-order valence-electron chi connectivity index (χ3n) is 3.63. The van der Waals surface area contributed by atoms with Crippen molar-refractivity contribution in [3.63, 3.8) is 0 Å². The first kappa shape index (κ1) is 17.3. The Morgan fingerprint density at radius 2 is 1.92 bits per heavy atom. The van der Waals surface area contributed by atoms with E-state index in [-0.39, 0.29) is 6.54 Å². The standard InChI is InChI=1S/C18H15Cl2N3O2/c1-25-18(24)21-11-13-10-15(6-7-16(13)20)23-9-8-17(22-23)12-2-4-14(19)5-3-12/h2-10H,11H2,1H3,(H,21,24). The molecule has 0 aliphatic heterocycles. The van der Waals surface area contributed by atoms with Crippen LogP contribution in [0.2, 0.25) is 10.0 Å². The van der Waals surface area contributed by atoms with Gasteiger partial charge in [-0.05, 0) is 42.0 Å². The van der Waals surface area contributed by atoms with Crippen molar-refractivity contribution in [2.24, 2.45) is 0 Å². The molecule has 128 valence electrons. The lowest BCUT2D eigenvalue weighted by Crippen LogP contribution is -2.22. The van der Waals surface area contributed by atoms with Crippen LogP contribution < -0.4 is 5.32 Å². The average molecular weight is 376 g/mol. The third-order valence-corrected chi connectivity index (χ3v) is 4.25. The van der Waals surface area contributed by atoms with Gasteiger partial charge in [0.05, 0.1) is 18.5 Å². The molecule has 2 aromatic carbocycles. The van der Waals surface area contributed by atoms with Crippen LogP contribution in [0.15, 0.2) is 54.7 Å². The monoisotopic (exact) mass is 375 g/mol. The Morgan fingerprint density at radius 3 is 2.64 bits per heavy atom. The fraction of sp³-hybridized carbons (Fsp3) is 0.111. The first-order valence-corrected chi connectivity index (χ1v) is 8.24. The molecule has 7 heteroatoms. The van der Waals surface area contributed by atoms with Gasteiger partial charge in [0.15, 0.2) is 0 Å². The maximum absolute atomic E-state index is 11.2. The Labute approximate surface area is 155 Å². The predicted molar refractivity (Wildman–Crippen MR) is 98.3 cm³/mol. The molecule has 5 nitrogen and oxygen atoms in total. The van der Waals surface area contributed by atoms with Gasteiger partial charge in [-0.15, -0.1) is 0 Å². The van der Waals surface area contributed by atoms with E-state index in [2.05, 4.69) is 15.2 Å². The van der Waals surface area contributed by atoms with Gasteiger partial charge in [0, 0.05) is 28.4 Å². The number of amides is 1. The van der Waals surface area contributed by atoms with Gasteiger partial charge < -0.3 is 10.1 Å². The van der Waals surface area contributed by atoms with Crippen LogP contribution in [0, 0.1) is 0 Å². The van der Waals surface area contributed by atoms with Crippen molar-refractivity contribution in [2.75, 3.05) is 7.11 Å². The fourth-order valence-corrected chi connectivity index (χ4v) is 2.63. The fourth-order valence-electron chi connectivity index (χ4n) is 2.32. The van der Waals surface area contributed by atoms with E-state index in [1.54, 1.807) is 10.7 Å². The van der Waals surface area contributed by atoms with E-state index in [0.29, 0.717) is 10.0 Å². The highest BCUT2D eigenvalue weighted by atomic mass is 35.5. The topological polar surface area (TPSA) is 56.1 Å². The van der Waals surface area contributed by atoms with Crippen LogP contribution in [0.4, 0.5) is 4.79 Å². The van der Waals surface area contributed by atoms with Crippen molar-refractivity contribution in [3.8, 4) is 16.9 Å². The number of carbonyl (C=O) groups excluding carboxylic acids is 1. The largest absolute Gasteiger partial charge is 0.453 e. The number of alkyl carbamates (subject to hydrolysis) is 1. The van der Waals surface area contributed by atoms with Crippen LogP contribution >= 0.6 is 23.2 Å². The molecule has 3 aromatic rings. The number of hydrogen-bond acceptors (Lipinski definition) is 3. The number of carbonyl (C=O) groups is 1. The molecule has 0 fully saturated rings. The second-order valence-corrected chi connectivity index (χ2v) is 6.12. The molecule has 0 saturated heterocycles. The summed E-state index contributed by atoms with van der Waals surface area (Å²) in [6.07, 6.45) is 1.36. The summed E-state index contributed by atoms with van der Waals surface area (Å²) >= 11 is 12.1. The van der Waals surface area contributed by atoms with Crippen LogP contribution in [-0.2, 0) is 11.3 Å². The van der Waals surface area contributed by atoms with E-state index in [4.69, 9.17) is 23.2 Å². The Bertz CT molecular complexity index is 892. The van der Waals surface area contributed by atoms with Gasteiger partial charge in [-0.3, -0.25) is 0 Å². The van der Waals surface area contributed by atoms with Crippen molar-refractivity contribution < 1.29 is 9.53 Å². The van der Waals surface area contributed by atoms with E-state index in [1.165, 1.54) is 7.11 Å². The van der Waals surface area contributed by atoms with Gasteiger partial charge in [-0.25, -0.2) is 9.48 Å². The quantitative estimate of drug-likeness (QED) is 0.718. The van der Waals surface area contributed by atoms with Gasteiger partial charge in [0.1, 0.15) is 0 Å². The first-order valence-electron chi connectivity index (χ1n) is 7.49. The number of halogens is 2. The minimum atomic E-state index is -0.509. The van der Waals surface area contributed by atoms with Crippen molar-refractivity contribution in [1.29, 1.82) is 0 Å². The number of nitrogens with one attached hydrogen (secondary N) is 1. The minimum absolute atomic E-state index is 0.269. The van der Waals surface area contributed by atoms with Gasteiger partial charge >= 0.3 is 6.09 Å². The summed E-state index contributed by atoms with van der Waals surface area (Å²) in [4.78, 5) is 11.2. The van der Waals surface area contributed by atoms with Crippen molar-refractivity contribution in [3.05, 3.63) is 70.3 Å². The van der Waals surface area contributed by atoms with Crippen LogP contribution in [0.5, 0.6) is 0 Å². The van der Waals surface area contributed by atoms with E-state index >= 15 is 0 Å². The van der Waals surface area contributed by atoms with Gasteiger partial charge in [0.25, 0.3) is 0 Å². The molecule has 1 heterocycles. The lowest BCUT2D eigenvalue weighted by molar-refractivity contribution is 0.170. The van der Waals surface area contributed by atoms with E-state index < -0.39 is 6.09 Å². The third kappa shape index (κ3) is 4.13. The molecule has 25 heavy (non-hydrogen) atoms.